The quantitative estimate of drug-likeness (QED) is 0.0541. The lowest BCUT2D eigenvalue weighted by molar-refractivity contribution is -0.284. The Hall–Kier alpha value is -1.92. The summed E-state index contributed by atoms with van der Waals surface area (Å²) in [7, 11) is 0. The second-order valence-corrected chi connectivity index (χ2v) is 17.2. The Bertz CT molecular complexity index is 1390. The molecule has 0 saturated heterocycles. The van der Waals surface area contributed by atoms with Crippen LogP contribution < -0.4 is 9.47 Å². The molecule has 1 aliphatic carbocycles. The van der Waals surface area contributed by atoms with Gasteiger partial charge in [0, 0.05) is 6.42 Å². The maximum absolute atomic E-state index is 13.0. The third-order valence-electron chi connectivity index (χ3n) is 9.97. The number of esters is 2. The van der Waals surface area contributed by atoms with Gasteiger partial charge in [-0.15, -0.1) is 0 Å². The largest absolute Gasteiger partial charge is 0.453 e. The third kappa shape index (κ3) is 12.9. The minimum absolute atomic E-state index is 0.145. The lowest BCUT2D eigenvalue weighted by Gasteiger charge is -2.44. The zero-order valence-corrected chi connectivity index (χ0v) is 32.9. The average molecular weight is 777 g/mol. The first kappa shape index (κ1) is 43.5. The number of unbranched alkanes of at least 4 members (excludes halogenated alkanes) is 6. The molecule has 0 spiro atoms. The Balaban J connectivity index is 1.55. The number of halogens is 5. The second kappa shape index (κ2) is 20.5. The SMILES string of the molecule is CSC(C)C(=O)Oc1ccc(C2(C)CCc3cc(OC(=O)C(C)SC)ccc3C2CCCCCCCCCSCCCC(F)(F)C(F)(F)F)cc1. The van der Waals surface area contributed by atoms with Crippen LogP contribution in [0.4, 0.5) is 22.0 Å². The summed E-state index contributed by atoms with van der Waals surface area (Å²) in [5.41, 5.74) is 3.55. The number of carbonyl (C=O) groups excluding carboxylic acids is 2. The summed E-state index contributed by atoms with van der Waals surface area (Å²) in [5.74, 6) is -2.67. The molecule has 0 amide bonds. The summed E-state index contributed by atoms with van der Waals surface area (Å²) in [4.78, 5) is 24.8. The number of ether oxygens (including phenoxy) is 2. The highest BCUT2D eigenvalue weighted by Crippen LogP contribution is 2.50. The van der Waals surface area contributed by atoms with E-state index in [1.165, 1.54) is 52.0 Å². The number of hydrogen-bond acceptors (Lipinski definition) is 7. The number of hydrogen-bond donors (Lipinski definition) is 0. The van der Waals surface area contributed by atoms with Gasteiger partial charge in [0.15, 0.2) is 0 Å². The summed E-state index contributed by atoms with van der Waals surface area (Å²) >= 11 is 4.35. The van der Waals surface area contributed by atoms with Crippen molar-refractivity contribution in [3.63, 3.8) is 0 Å². The molecule has 286 valence electrons. The van der Waals surface area contributed by atoms with Crippen molar-refractivity contribution >= 4 is 47.2 Å². The van der Waals surface area contributed by atoms with E-state index in [0.29, 0.717) is 17.3 Å². The molecule has 12 heteroatoms. The molecule has 1 aliphatic rings. The van der Waals surface area contributed by atoms with E-state index in [9.17, 15) is 31.5 Å². The minimum Gasteiger partial charge on any atom is -0.426 e. The predicted octanol–water partition coefficient (Wildman–Crippen LogP) is 11.8. The van der Waals surface area contributed by atoms with E-state index in [-0.39, 0.29) is 40.2 Å². The molecule has 0 aliphatic heterocycles. The summed E-state index contributed by atoms with van der Waals surface area (Å²) in [6.07, 6.45) is 7.15. The van der Waals surface area contributed by atoms with Gasteiger partial charge in [-0.1, -0.05) is 63.6 Å². The Morgan fingerprint density at radius 1 is 0.784 bits per heavy atom. The molecule has 2 aromatic rings. The molecule has 4 unspecified atom stereocenters. The van der Waals surface area contributed by atoms with Crippen molar-refractivity contribution in [2.75, 3.05) is 24.0 Å². The fourth-order valence-corrected chi connectivity index (χ4v) is 7.95. The number of fused-ring (bicyclic) bond motifs is 1. The average Bonchev–Trinajstić information content (AvgIpc) is 3.09. The number of benzene rings is 2. The van der Waals surface area contributed by atoms with E-state index in [0.717, 1.165) is 70.0 Å². The topological polar surface area (TPSA) is 52.6 Å². The van der Waals surface area contributed by atoms with E-state index in [1.54, 1.807) is 0 Å². The molecule has 4 atom stereocenters. The Morgan fingerprint density at radius 3 is 1.90 bits per heavy atom. The highest BCUT2D eigenvalue weighted by molar-refractivity contribution is 8.00. The number of rotatable bonds is 21. The monoisotopic (exact) mass is 776 g/mol. The summed E-state index contributed by atoms with van der Waals surface area (Å²) in [6, 6.07) is 14.0. The van der Waals surface area contributed by atoms with Gasteiger partial charge in [0.25, 0.3) is 0 Å². The highest BCUT2D eigenvalue weighted by atomic mass is 32.2. The van der Waals surface area contributed by atoms with Gasteiger partial charge >= 0.3 is 24.0 Å². The molecule has 0 fully saturated rings. The molecular formula is C39H53F5O4S3. The number of aryl methyl sites for hydroxylation is 1. The maximum Gasteiger partial charge on any atom is 0.453 e. The first-order valence-electron chi connectivity index (χ1n) is 17.9. The number of carbonyl (C=O) groups is 2. The lowest BCUT2D eigenvalue weighted by atomic mass is 9.60. The van der Waals surface area contributed by atoms with Crippen LogP contribution in [0, 0.1) is 0 Å². The smallest absolute Gasteiger partial charge is 0.426 e. The number of thioether (sulfide) groups is 3. The highest BCUT2D eigenvalue weighted by Gasteiger charge is 2.56. The standard InChI is InChI=1S/C39H53F5O4S3/c1-27(49-4)35(45)47-31-17-15-30(16-18-31)37(3)23-21-29-26-32(48-36(46)28(2)50-5)19-20-33(29)34(37)14-11-9-7-6-8-10-12-24-51-25-13-22-38(40,41)39(42,43)44/h15-20,26-28,34H,6-14,21-25H2,1-5H3. The van der Waals surface area contributed by atoms with Crippen LogP contribution in [0.25, 0.3) is 0 Å². The molecule has 0 bridgehead atoms. The van der Waals surface area contributed by atoms with Crippen LogP contribution in [-0.2, 0) is 21.4 Å². The molecule has 2 aromatic carbocycles. The molecule has 0 radical (unpaired) electrons. The molecule has 4 nitrogen and oxygen atoms in total. The van der Waals surface area contributed by atoms with Gasteiger partial charge in [-0.3, -0.25) is 9.59 Å². The van der Waals surface area contributed by atoms with Gasteiger partial charge in [0.05, 0.1) is 10.5 Å². The van der Waals surface area contributed by atoms with Gasteiger partial charge in [-0.2, -0.15) is 57.2 Å². The van der Waals surface area contributed by atoms with E-state index >= 15 is 0 Å². The molecule has 0 saturated carbocycles. The summed E-state index contributed by atoms with van der Waals surface area (Å²) in [5, 5.41) is -0.490. The van der Waals surface area contributed by atoms with Crippen LogP contribution in [-0.4, -0.2) is 58.6 Å². The Kier molecular flexibility index (Phi) is 17.5. The van der Waals surface area contributed by atoms with Crippen LogP contribution in [0.1, 0.15) is 114 Å². The van der Waals surface area contributed by atoms with Crippen molar-refractivity contribution in [1.29, 1.82) is 0 Å². The molecule has 0 aromatic heterocycles. The van der Waals surface area contributed by atoms with Crippen LogP contribution in [0.2, 0.25) is 0 Å². The Morgan fingerprint density at radius 2 is 1.31 bits per heavy atom. The van der Waals surface area contributed by atoms with E-state index in [2.05, 4.69) is 25.1 Å². The molecule has 51 heavy (non-hydrogen) atoms. The molecule has 3 rings (SSSR count). The van der Waals surface area contributed by atoms with Crippen molar-refractivity contribution < 1.29 is 41.0 Å². The summed E-state index contributed by atoms with van der Waals surface area (Å²) < 4.78 is 74.2. The second-order valence-electron chi connectivity index (χ2n) is 13.6. The first-order chi connectivity index (χ1) is 24.1. The predicted molar refractivity (Wildman–Crippen MR) is 203 cm³/mol. The lowest BCUT2D eigenvalue weighted by Crippen LogP contribution is -2.36. The van der Waals surface area contributed by atoms with Crippen LogP contribution >= 0.6 is 35.3 Å². The zero-order chi connectivity index (χ0) is 37.7. The fraction of sp³-hybridized carbons (Fsp3) is 0.641. The zero-order valence-electron chi connectivity index (χ0n) is 30.4. The van der Waals surface area contributed by atoms with Crippen molar-refractivity contribution in [3.05, 3.63) is 59.2 Å². The van der Waals surface area contributed by atoms with E-state index in [1.807, 2.05) is 50.6 Å². The van der Waals surface area contributed by atoms with Gasteiger partial charge in [0.2, 0.25) is 0 Å². The van der Waals surface area contributed by atoms with Gasteiger partial charge in [-0.05, 0) is 122 Å². The first-order valence-corrected chi connectivity index (χ1v) is 21.6. The normalized spacial score (nSPS) is 18.9. The van der Waals surface area contributed by atoms with Crippen molar-refractivity contribution in [3.8, 4) is 11.5 Å². The minimum atomic E-state index is -5.47. The van der Waals surface area contributed by atoms with E-state index < -0.39 is 18.5 Å². The molecule has 0 heterocycles. The third-order valence-corrected chi connectivity index (χ3v) is 12.9. The van der Waals surface area contributed by atoms with Crippen molar-refractivity contribution in [2.24, 2.45) is 0 Å². The summed E-state index contributed by atoms with van der Waals surface area (Å²) in [6.45, 7) is 5.99. The van der Waals surface area contributed by atoms with Crippen molar-refractivity contribution in [2.45, 2.75) is 132 Å². The van der Waals surface area contributed by atoms with Crippen LogP contribution in [0.15, 0.2) is 42.5 Å². The van der Waals surface area contributed by atoms with Gasteiger partial charge in [0.1, 0.15) is 11.5 Å². The number of alkyl halides is 5. The maximum atomic E-state index is 13.0. The van der Waals surface area contributed by atoms with Crippen LogP contribution in [0.3, 0.4) is 0 Å². The van der Waals surface area contributed by atoms with Gasteiger partial charge < -0.3 is 9.47 Å². The van der Waals surface area contributed by atoms with E-state index in [4.69, 9.17) is 9.47 Å². The molecule has 0 N–H and O–H groups in total. The van der Waals surface area contributed by atoms with Crippen molar-refractivity contribution in [1.82, 2.24) is 0 Å². The fourth-order valence-electron chi connectivity index (χ4n) is 6.50. The molecular weight excluding hydrogens is 724 g/mol. The van der Waals surface area contributed by atoms with Crippen LogP contribution in [0.5, 0.6) is 11.5 Å². The Labute approximate surface area is 313 Å². The van der Waals surface area contributed by atoms with Gasteiger partial charge in [-0.25, -0.2) is 0 Å².